The molecule has 1 aliphatic heterocycles. The van der Waals surface area contributed by atoms with Gasteiger partial charge < -0.3 is 20.1 Å². The lowest BCUT2D eigenvalue weighted by Gasteiger charge is -2.19. The number of aliphatic imine (C=N–C) groups is 1. The number of nitrogens with one attached hydrogen (secondary N) is 2. The van der Waals surface area contributed by atoms with Crippen LogP contribution in [0.2, 0.25) is 0 Å². The normalized spacial score (nSPS) is 16.5. The van der Waals surface area contributed by atoms with Gasteiger partial charge in [-0.05, 0) is 50.1 Å². The van der Waals surface area contributed by atoms with Gasteiger partial charge in [0.1, 0.15) is 11.5 Å². The largest absolute Gasteiger partial charge is 0.497 e. The molecule has 0 radical (unpaired) electrons. The van der Waals surface area contributed by atoms with Gasteiger partial charge in [-0.1, -0.05) is 6.07 Å². The molecule has 1 unspecified atom stereocenters. The number of halogens is 1. The third-order valence-corrected chi connectivity index (χ3v) is 5.12. The Morgan fingerprint density at radius 3 is 2.58 bits per heavy atom. The number of benzene rings is 1. The molecular weight excluding hydrogens is 505 g/mol. The SMILES string of the molecule is CCNC(=NCc1cccc(C)n1)NC1CCN(Cc2cc(OC)cc(OC)c2)C1.I. The van der Waals surface area contributed by atoms with E-state index in [1.54, 1.807) is 14.2 Å². The number of nitrogens with zero attached hydrogens (tertiary/aromatic N) is 3. The molecule has 0 aliphatic carbocycles. The average Bonchev–Trinajstić information content (AvgIpc) is 3.18. The first-order valence-corrected chi connectivity index (χ1v) is 10.5. The van der Waals surface area contributed by atoms with Gasteiger partial charge in [-0.3, -0.25) is 9.88 Å². The standard InChI is InChI=1S/C23H33N5O2.HI/c1-5-24-23(25-14-19-8-6-7-17(2)26-19)27-20-9-10-28(16-20)15-18-11-21(29-3)13-22(12-18)30-4;/h6-8,11-13,20H,5,9-10,14-16H2,1-4H3,(H2,24,25,27);1H. The lowest BCUT2D eigenvalue weighted by molar-refractivity contribution is 0.321. The Morgan fingerprint density at radius 1 is 1.19 bits per heavy atom. The Bertz CT molecular complexity index is 839. The summed E-state index contributed by atoms with van der Waals surface area (Å²) >= 11 is 0. The second-order valence-electron chi connectivity index (χ2n) is 7.55. The van der Waals surface area contributed by atoms with E-state index in [0.717, 1.165) is 61.4 Å². The minimum absolute atomic E-state index is 0. The molecule has 31 heavy (non-hydrogen) atoms. The molecule has 2 aromatic rings. The van der Waals surface area contributed by atoms with Crippen molar-refractivity contribution in [1.82, 2.24) is 20.5 Å². The van der Waals surface area contributed by atoms with Crippen LogP contribution in [0.3, 0.4) is 0 Å². The highest BCUT2D eigenvalue weighted by Gasteiger charge is 2.23. The summed E-state index contributed by atoms with van der Waals surface area (Å²) in [5, 5.41) is 6.93. The third-order valence-electron chi connectivity index (χ3n) is 5.12. The van der Waals surface area contributed by atoms with Crippen molar-refractivity contribution in [3.63, 3.8) is 0 Å². The molecule has 2 heterocycles. The molecule has 8 heteroatoms. The number of aromatic nitrogens is 1. The zero-order chi connectivity index (χ0) is 21.3. The minimum atomic E-state index is 0. The molecule has 1 fully saturated rings. The van der Waals surface area contributed by atoms with Crippen LogP contribution >= 0.6 is 24.0 Å². The maximum Gasteiger partial charge on any atom is 0.191 e. The summed E-state index contributed by atoms with van der Waals surface area (Å²) in [4.78, 5) is 11.7. The van der Waals surface area contributed by atoms with Crippen LogP contribution in [-0.4, -0.2) is 55.7 Å². The maximum atomic E-state index is 5.39. The Morgan fingerprint density at radius 2 is 1.94 bits per heavy atom. The molecule has 0 spiro atoms. The first-order valence-electron chi connectivity index (χ1n) is 10.5. The van der Waals surface area contributed by atoms with Gasteiger partial charge in [0, 0.05) is 44.0 Å². The number of guanidine groups is 1. The number of aryl methyl sites for hydroxylation is 1. The Labute approximate surface area is 202 Å². The highest BCUT2D eigenvalue weighted by molar-refractivity contribution is 14.0. The van der Waals surface area contributed by atoms with Crippen LogP contribution in [-0.2, 0) is 13.1 Å². The fourth-order valence-electron chi connectivity index (χ4n) is 3.67. The van der Waals surface area contributed by atoms with E-state index in [1.165, 1.54) is 5.56 Å². The van der Waals surface area contributed by atoms with Gasteiger partial charge in [0.15, 0.2) is 5.96 Å². The van der Waals surface area contributed by atoms with Crippen LogP contribution in [0, 0.1) is 6.92 Å². The summed E-state index contributed by atoms with van der Waals surface area (Å²) in [5.74, 6) is 2.49. The van der Waals surface area contributed by atoms with Crippen LogP contribution in [0.4, 0.5) is 0 Å². The summed E-state index contributed by atoms with van der Waals surface area (Å²) in [6.07, 6.45) is 1.08. The first-order chi connectivity index (χ1) is 14.6. The average molecular weight is 539 g/mol. The van der Waals surface area contributed by atoms with E-state index < -0.39 is 0 Å². The fourth-order valence-corrected chi connectivity index (χ4v) is 3.67. The molecule has 3 rings (SSSR count). The molecule has 7 nitrogen and oxygen atoms in total. The number of ether oxygens (including phenoxy) is 2. The van der Waals surface area contributed by atoms with Crippen molar-refractivity contribution in [1.29, 1.82) is 0 Å². The second-order valence-corrected chi connectivity index (χ2v) is 7.55. The Hall–Kier alpha value is -2.07. The lowest BCUT2D eigenvalue weighted by atomic mass is 10.2. The summed E-state index contributed by atoms with van der Waals surface area (Å²) in [5.41, 5.74) is 3.19. The minimum Gasteiger partial charge on any atom is -0.497 e. The van der Waals surface area contributed by atoms with Crippen LogP contribution in [0.25, 0.3) is 0 Å². The van der Waals surface area contributed by atoms with Gasteiger partial charge in [0.25, 0.3) is 0 Å². The second kappa shape index (κ2) is 12.7. The van der Waals surface area contributed by atoms with Gasteiger partial charge in [-0.2, -0.15) is 0 Å². The number of rotatable bonds is 8. The van der Waals surface area contributed by atoms with Crippen LogP contribution < -0.4 is 20.1 Å². The summed E-state index contributed by atoms with van der Waals surface area (Å²) in [7, 11) is 3.37. The van der Waals surface area contributed by atoms with E-state index in [2.05, 4.69) is 39.6 Å². The predicted octanol–water partition coefficient (Wildman–Crippen LogP) is 3.35. The molecule has 2 N–H and O–H groups in total. The van der Waals surface area contributed by atoms with E-state index in [0.29, 0.717) is 12.6 Å². The van der Waals surface area contributed by atoms with Crippen molar-refractivity contribution >= 4 is 29.9 Å². The zero-order valence-corrected chi connectivity index (χ0v) is 21.2. The van der Waals surface area contributed by atoms with Gasteiger partial charge in [-0.25, -0.2) is 4.99 Å². The van der Waals surface area contributed by atoms with Crippen LogP contribution in [0.15, 0.2) is 41.4 Å². The van der Waals surface area contributed by atoms with Gasteiger partial charge in [0.05, 0.1) is 26.5 Å². The van der Waals surface area contributed by atoms with Gasteiger partial charge in [0.2, 0.25) is 0 Å². The molecule has 1 atom stereocenters. The number of hydrogen-bond acceptors (Lipinski definition) is 5. The summed E-state index contributed by atoms with van der Waals surface area (Å²) in [6, 6.07) is 12.4. The molecule has 170 valence electrons. The Kier molecular flexibility index (Phi) is 10.3. The molecule has 1 saturated heterocycles. The number of likely N-dealkylation sites (tertiary alicyclic amines) is 1. The van der Waals surface area contributed by atoms with Gasteiger partial charge in [-0.15, -0.1) is 24.0 Å². The molecule has 0 bridgehead atoms. The number of pyridine rings is 1. The Balaban J connectivity index is 0.00000341. The summed E-state index contributed by atoms with van der Waals surface area (Å²) < 4.78 is 10.8. The molecular formula is C23H34IN5O2. The fraction of sp³-hybridized carbons (Fsp3) is 0.478. The maximum absolute atomic E-state index is 5.39. The van der Waals surface area contributed by atoms with Crippen molar-refractivity contribution in [2.75, 3.05) is 33.9 Å². The highest BCUT2D eigenvalue weighted by Crippen LogP contribution is 2.24. The lowest BCUT2D eigenvalue weighted by Crippen LogP contribution is -2.44. The van der Waals surface area contributed by atoms with Crippen molar-refractivity contribution in [2.45, 2.75) is 39.4 Å². The van der Waals surface area contributed by atoms with E-state index >= 15 is 0 Å². The number of hydrogen-bond donors (Lipinski definition) is 2. The van der Waals surface area contributed by atoms with Crippen LogP contribution in [0.5, 0.6) is 11.5 Å². The van der Waals surface area contributed by atoms with Crippen LogP contribution in [0.1, 0.15) is 30.3 Å². The molecule has 1 aromatic carbocycles. The highest BCUT2D eigenvalue weighted by atomic mass is 127. The number of methoxy groups -OCH3 is 2. The van der Waals surface area contributed by atoms with Crippen molar-refractivity contribution in [3.8, 4) is 11.5 Å². The first kappa shape index (κ1) is 25.2. The topological polar surface area (TPSA) is 71.0 Å². The monoisotopic (exact) mass is 539 g/mol. The molecule has 1 aromatic heterocycles. The third kappa shape index (κ3) is 7.84. The molecule has 1 aliphatic rings. The predicted molar refractivity (Wildman–Crippen MR) is 136 cm³/mol. The van der Waals surface area contributed by atoms with E-state index in [4.69, 9.17) is 14.5 Å². The molecule has 0 saturated carbocycles. The van der Waals surface area contributed by atoms with Gasteiger partial charge >= 0.3 is 0 Å². The van der Waals surface area contributed by atoms with Crippen molar-refractivity contribution in [2.24, 2.45) is 4.99 Å². The van der Waals surface area contributed by atoms with E-state index in [1.807, 2.05) is 31.2 Å². The zero-order valence-electron chi connectivity index (χ0n) is 18.9. The smallest absolute Gasteiger partial charge is 0.191 e. The van der Waals surface area contributed by atoms with Crippen molar-refractivity contribution < 1.29 is 9.47 Å². The van der Waals surface area contributed by atoms with E-state index in [9.17, 15) is 0 Å². The van der Waals surface area contributed by atoms with E-state index in [-0.39, 0.29) is 24.0 Å². The quantitative estimate of drug-likeness (QED) is 0.305. The summed E-state index contributed by atoms with van der Waals surface area (Å²) in [6.45, 7) is 8.35. The molecule has 0 amide bonds. The van der Waals surface area contributed by atoms with Crippen molar-refractivity contribution in [3.05, 3.63) is 53.3 Å².